The Kier molecular flexibility index (Phi) is 7.30. The van der Waals surface area contributed by atoms with Gasteiger partial charge in [-0.15, -0.1) is 11.8 Å². The summed E-state index contributed by atoms with van der Waals surface area (Å²) in [4.78, 5) is 37.3. The van der Waals surface area contributed by atoms with Gasteiger partial charge in [0.2, 0.25) is 0 Å². The largest absolute Gasteiger partial charge is 0.478 e. The maximum absolute atomic E-state index is 12.7. The van der Waals surface area contributed by atoms with Crippen LogP contribution in [-0.4, -0.2) is 41.0 Å². The summed E-state index contributed by atoms with van der Waals surface area (Å²) in [6.45, 7) is 2.55. The molecule has 0 saturated carbocycles. The van der Waals surface area contributed by atoms with E-state index in [4.69, 9.17) is 10.8 Å². The van der Waals surface area contributed by atoms with E-state index in [0.717, 1.165) is 41.2 Å². The number of hydrogen-bond acceptors (Lipinski definition) is 5. The lowest BCUT2D eigenvalue weighted by molar-refractivity contribution is -0.112. The minimum atomic E-state index is -0.927. The van der Waals surface area contributed by atoms with Crippen LogP contribution in [0.5, 0.6) is 0 Å². The first-order valence-corrected chi connectivity index (χ1v) is 10.9. The van der Waals surface area contributed by atoms with Gasteiger partial charge >= 0.3 is 12.0 Å². The number of anilines is 1. The Morgan fingerprint density at radius 2 is 1.94 bits per heavy atom. The SMILES string of the molecule is CCCN1C(=O)C(=NNC(N)=O)c2cc(SCCCc3ccc(C(=O)O)cc3)ccc21. The Morgan fingerprint density at radius 1 is 1.19 bits per heavy atom. The van der Waals surface area contributed by atoms with Crippen LogP contribution >= 0.6 is 11.8 Å². The van der Waals surface area contributed by atoms with Crippen molar-refractivity contribution in [3.63, 3.8) is 0 Å². The summed E-state index contributed by atoms with van der Waals surface area (Å²) in [5.41, 5.74) is 10.3. The van der Waals surface area contributed by atoms with Gasteiger partial charge < -0.3 is 15.7 Å². The van der Waals surface area contributed by atoms with Gasteiger partial charge in [0.1, 0.15) is 0 Å². The summed E-state index contributed by atoms with van der Waals surface area (Å²) < 4.78 is 0. The number of rotatable bonds is 9. The van der Waals surface area contributed by atoms with Crippen molar-refractivity contribution in [3.8, 4) is 0 Å². The van der Waals surface area contributed by atoms with Crippen LogP contribution in [0.1, 0.15) is 41.3 Å². The highest BCUT2D eigenvalue weighted by Gasteiger charge is 2.34. The number of carbonyl (C=O) groups is 3. The number of hydrogen-bond donors (Lipinski definition) is 3. The number of fused-ring (bicyclic) bond motifs is 1. The highest BCUT2D eigenvalue weighted by Crippen LogP contribution is 2.33. The lowest BCUT2D eigenvalue weighted by Gasteiger charge is -2.15. The molecule has 0 saturated heterocycles. The van der Waals surface area contributed by atoms with Crippen LogP contribution in [0.25, 0.3) is 0 Å². The van der Waals surface area contributed by atoms with Gasteiger partial charge in [0.15, 0.2) is 5.71 Å². The van der Waals surface area contributed by atoms with E-state index in [1.807, 2.05) is 37.3 Å². The molecule has 1 aliphatic heterocycles. The minimum absolute atomic E-state index is 0.184. The van der Waals surface area contributed by atoms with Crippen molar-refractivity contribution in [2.45, 2.75) is 31.1 Å². The van der Waals surface area contributed by atoms with Gasteiger partial charge in [-0.05, 0) is 60.9 Å². The molecule has 2 aromatic carbocycles. The molecule has 0 fully saturated rings. The highest BCUT2D eigenvalue weighted by molar-refractivity contribution is 7.99. The summed E-state index contributed by atoms with van der Waals surface area (Å²) in [6.07, 6.45) is 2.56. The molecule has 31 heavy (non-hydrogen) atoms. The van der Waals surface area contributed by atoms with Crippen LogP contribution < -0.4 is 16.1 Å². The van der Waals surface area contributed by atoms with Gasteiger partial charge in [0, 0.05) is 17.0 Å². The molecule has 3 rings (SSSR count). The zero-order chi connectivity index (χ0) is 22.4. The standard InChI is InChI=1S/C22H24N4O4S/c1-2-11-26-18-10-9-16(13-17(18)19(20(26)27)24-25-22(23)30)31-12-3-4-14-5-7-15(8-6-14)21(28)29/h5-10,13H,2-4,11-12H2,1H3,(H,28,29)(H3,23,25,30). The number of carboxylic acid groups (broad SMARTS) is 1. The molecule has 4 N–H and O–H groups in total. The fourth-order valence-corrected chi connectivity index (χ4v) is 4.22. The molecule has 9 heteroatoms. The molecule has 8 nitrogen and oxygen atoms in total. The molecular weight excluding hydrogens is 416 g/mol. The van der Waals surface area contributed by atoms with Crippen molar-refractivity contribution in [1.29, 1.82) is 0 Å². The van der Waals surface area contributed by atoms with Crippen molar-refractivity contribution in [3.05, 3.63) is 59.2 Å². The number of nitrogens with zero attached hydrogens (tertiary/aromatic N) is 2. The molecule has 0 atom stereocenters. The third kappa shape index (κ3) is 5.43. The van der Waals surface area contributed by atoms with Crippen LogP contribution in [0, 0.1) is 0 Å². The number of nitrogens with one attached hydrogen (secondary N) is 1. The molecule has 162 valence electrons. The number of thioether (sulfide) groups is 1. The second-order valence-electron chi connectivity index (χ2n) is 7.03. The lowest BCUT2D eigenvalue weighted by Crippen LogP contribution is -2.33. The van der Waals surface area contributed by atoms with E-state index < -0.39 is 12.0 Å². The number of aromatic carboxylic acids is 1. The molecule has 2 aromatic rings. The smallest absolute Gasteiger partial charge is 0.335 e. The number of urea groups is 1. The fourth-order valence-electron chi connectivity index (χ4n) is 3.33. The first-order valence-electron chi connectivity index (χ1n) is 9.95. The number of carbonyl (C=O) groups excluding carboxylic acids is 2. The number of amides is 3. The maximum atomic E-state index is 12.7. The maximum Gasteiger partial charge on any atom is 0.335 e. The van der Waals surface area contributed by atoms with E-state index in [-0.39, 0.29) is 17.2 Å². The van der Waals surface area contributed by atoms with Crippen molar-refractivity contribution < 1.29 is 19.5 Å². The van der Waals surface area contributed by atoms with Gasteiger partial charge in [-0.25, -0.2) is 15.0 Å². The second-order valence-corrected chi connectivity index (χ2v) is 8.19. The van der Waals surface area contributed by atoms with Crippen LogP contribution in [0.4, 0.5) is 10.5 Å². The first kappa shape index (κ1) is 22.4. The predicted molar refractivity (Wildman–Crippen MR) is 121 cm³/mol. The van der Waals surface area contributed by atoms with E-state index in [2.05, 4.69) is 10.5 Å². The topological polar surface area (TPSA) is 125 Å². The van der Waals surface area contributed by atoms with Crippen molar-refractivity contribution in [1.82, 2.24) is 5.43 Å². The van der Waals surface area contributed by atoms with Crippen molar-refractivity contribution in [2.75, 3.05) is 17.2 Å². The third-order valence-corrected chi connectivity index (χ3v) is 5.85. The molecule has 0 bridgehead atoms. The Balaban J connectivity index is 1.65. The first-order chi connectivity index (χ1) is 14.9. The van der Waals surface area contributed by atoms with Crippen molar-refractivity contribution >= 4 is 41.1 Å². The van der Waals surface area contributed by atoms with Crippen LogP contribution in [-0.2, 0) is 11.2 Å². The summed E-state index contributed by atoms with van der Waals surface area (Å²) in [5.74, 6) is -0.320. The molecule has 1 aliphatic rings. The molecule has 0 aliphatic carbocycles. The molecule has 0 aromatic heterocycles. The van der Waals surface area contributed by atoms with E-state index in [1.54, 1.807) is 28.8 Å². The number of primary amides is 1. The third-order valence-electron chi connectivity index (χ3n) is 4.77. The number of hydrazone groups is 1. The predicted octanol–water partition coefficient (Wildman–Crippen LogP) is 3.24. The molecule has 0 radical (unpaired) electrons. The molecule has 0 unspecified atom stereocenters. The highest BCUT2D eigenvalue weighted by atomic mass is 32.2. The van der Waals surface area contributed by atoms with Gasteiger partial charge in [-0.1, -0.05) is 19.1 Å². The van der Waals surface area contributed by atoms with Crippen LogP contribution in [0.2, 0.25) is 0 Å². The van der Waals surface area contributed by atoms with Gasteiger partial charge in [0.25, 0.3) is 5.91 Å². The van der Waals surface area contributed by atoms with Gasteiger partial charge in [-0.3, -0.25) is 4.79 Å². The van der Waals surface area contributed by atoms with E-state index >= 15 is 0 Å². The van der Waals surface area contributed by atoms with Crippen LogP contribution in [0.15, 0.2) is 52.5 Å². The van der Waals surface area contributed by atoms with E-state index in [1.165, 1.54) is 0 Å². The summed E-state index contributed by atoms with van der Waals surface area (Å²) in [7, 11) is 0. The quantitative estimate of drug-likeness (QED) is 0.314. The van der Waals surface area contributed by atoms with E-state index in [0.29, 0.717) is 12.1 Å². The van der Waals surface area contributed by atoms with Gasteiger partial charge in [0.05, 0.1) is 11.3 Å². The van der Waals surface area contributed by atoms with E-state index in [9.17, 15) is 14.4 Å². The molecular formula is C22H24N4O4S. The van der Waals surface area contributed by atoms with Crippen LogP contribution in [0.3, 0.4) is 0 Å². The van der Waals surface area contributed by atoms with Gasteiger partial charge in [-0.2, -0.15) is 5.10 Å². The Morgan fingerprint density at radius 3 is 2.58 bits per heavy atom. The zero-order valence-electron chi connectivity index (χ0n) is 17.1. The number of benzene rings is 2. The molecule has 0 spiro atoms. The fraction of sp³-hybridized carbons (Fsp3) is 0.273. The molecule has 3 amide bonds. The monoisotopic (exact) mass is 440 g/mol. The lowest BCUT2D eigenvalue weighted by atomic mass is 10.1. The average molecular weight is 441 g/mol. The Bertz CT molecular complexity index is 1020. The number of nitrogens with two attached hydrogens (primary N) is 1. The normalized spacial score (nSPS) is 14.0. The second kappa shape index (κ2) is 10.1. The summed E-state index contributed by atoms with van der Waals surface area (Å²) in [6, 6.07) is 11.9. The van der Waals surface area contributed by atoms with Crippen molar-refractivity contribution in [2.24, 2.45) is 10.8 Å². The Labute approximate surface area is 184 Å². The summed E-state index contributed by atoms with van der Waals surface area (Å²) >= 11 is 1.67. The Hall–Kier alpha value is -3.33. The average Bonchev–Trinajstić information content (AvgIpc) is 3.00. The molecule has 1 heterocycles. The summed E-state index contributed by atoms with van der Waals surface area (Å²) in [5, 5.41) is 12.9. The zero-order valence-corrected chi connectivity index (χ0v) is 17.9. The number of carboxylic acids is 1. The minimum Gasteiger partial charge on any atom is -0.478 e. The number of aryl methyl sites for hydroxylation is 1.